The van der Waals surface area contributed by atoms with Gasteiger partial charge in [-0.3, -0.25) is 4.79 Å². The lowest BCUT2D eigenvalue weighted by atomic mass is 9.96. The van der Waals surface area contributed by atoms with Crippen molar-refractivity contribution in [1.29, 1.82) is 0 Å². The Morgan fingerprint density at radius 1 is 1.21 bits per heavy atom. The van der Waals surface area contributed by atoms with Crippen molar-refractivity contribution >= 4 is 17.8 Å². The number of amides is 2. The fourth-order valence-corrected chi connectivity index (χ4v) is 2.20. The molecule has 0 aromatic carbocycles. The summed E-state index contributed by atoms with van der Waals surface area (Å²) in [4.78, 5) is 33.9. The van der Waals surface area contributed by atoms with Crippen LogP contribution in [-0.4, -0.2) is 35.0 Å². The molecule has 2 amide bonds. The summed E-state index contributed by atoms with van der Waals surface area (Å²) in [5.41, 5.74) is 0. The molecule has 1 fully saturated rings. The van der Waals surface area contributed by atoms with Gasteiger partial charge in [-0.2, -0.15) is 0 Å². The molecule has 0 aliphatic heterocycles. The van der Waals surface area contributed by atoms with Gasteiger partial charge in [0.25, 0.3) is 0 Å². The van der Waals surface area contributed by atoms with Crippen LogP contribution in [0.15, 0.2) is 0 Å². The molecule has 0 aromatic rings. The minimum atomic E-state index is -1.18. The monoisotopic (exact) mass is 270 g/mol. The van der Waals surface area contributed by atoms with Crippen LogP contribution in [0.5, 0.6) is 0 Å². The van der Waals surface area contributed by atoms with Gasteiger partial charge in [0.05, 0.1) is 0 Å². The summed E-state index contributed by atoms with van der Waals surface area (Å²) >= 11 is 0. The van der Waals surface area contributed by atoms with Crippen LogP contribution in [0.4, 0.5) is 4.79 Å². The van der Waals surface area contributed by atoms with E-state index in [1.165, 1.54) is 6.42 Å². The van der Waals surface area contributed by atoms with Gasteiger partial charge in [-0.05, 0) is 12.8 Å². The van der Waals surface area contributed by atoms with Crippen LogP contribution in [-0.2, 0) is 9.59 Å². The summed E-state index contributed by atoms with van der Waals surface area (Å²) < 4.78 is 0. The number of carboxylic acid groups (broad SMARTS) is 1. The van der Waals surface area contributed by atoms with Gasteiger partial charge >= 0.3 is 12.0 Å². The fourth-order valence-electron chi connectivity index (χ4n) is 2.20. The second-order valence-electron chi connectivity index (χ2n) is 4.94. The summed E-state index contributed by atoms with van der Waals surface area (Å²) in [6.07, 6.45) is 5.32. The zero-order valence-corrected chi connectivity index (χ0v) is 11.3. The SMILES string of the molecule is CCC(=O)CC(NC(=O)NC1CCCCC1)C(=O)O. The third-order valence-corrected chi connectivity index (χ3v) is 3.37. The van der Waals surface area contributed by atoms with Gasteiger partial charge < -0.3 is 15.7 Å². The minimum absolute atomic E-state index is 0.116. The highest BCUT2D eigenvalue weighted by Gasteiger charge is 2.24. The summed E-state index contributed by atoms with van der Waals surface area (Å²) in [7, 11) is 0. The molecule has 0 aromatic heterocycles. The van der Waals surface area contributed by atoms with Crippen LogP contribution in [0, 0.1) is 0 Å². The van der Waals surface area contributed by atoms with Gasteiger partial charge in [-0.25, -0.2) is 9.59 Å². The van der Waals surface area contributed by atoms with E-state index < -0.39 is 18.0 Å². The van der Waals surface area contributed by atoms with Crippen LogP contribution in [0.1, 0.15) is 51.9 Å². The van der Waals surface area contributed by atoms with Gasteiger partial charge in [-0.15, -0.1) is 0 Å². The third-order valence-electron chi connectivity index (χ3n) is 3.37. The highest BCUT2D eigenvalue weighted by atomic mass is 16.4. The number of carboxylic acids is 1. The molecule has 6 nitrogen and oxygen atoms in total. The Labute approximate surface area is 112 Å². The predicted molar refractivity (Wildman–Crippen MR) is 69.9 cm³/mol. The molecule has 108 valence electrons. The molecule has 0 saturated heterocycles. The van der Waals surface area contributed by atoms with Crippen molar-refractivity contribution in [3.05, 3.63) is 0 Å². The number of ketones is 1. The van der Waals surface area contributed by atoms with E-state index in [0.29, 0.717) is 0 Å². The van der Waals surface area contributed by atoms with Crippen molar-refractivity contribution < 1.29 is 19.5 Å². The molecule has 6 heteroatoms. The molecule has 19 heavy (non-hydrogen) atoms. The van der Waals surface area contributed by atoms with Crippen molar-refractivity contribution in [2.24, 2.45) is 0 Å². The molecule has 1 saturated carbocycles. The summed E-state index contributed by atoms with van der Waals surface area (Å²) in [6.45, 7) is 1.67. The van der Waals surface area contributed by atoms with E-state index in [1.54, 1.807) is 6.92 Å². The van der Waals surface area contributed by atoms with Crippen molar-refractivity contribution in [2.45, 2.75) is 64.0 Å². The summed E-state index contributed by atoms with van der Waals surface area (Å²) in [5, 5.41) is 14.1. The number of Topliss-reactive ketones (excluding diaryl/α,β-unsaturated/α-hetero) is 1. The number of carbonyl (C=O) groups excluding carboxylic acids is 2. The van der Waals surface area contributed by atoms with Crippen LogP contribution in [0.25, 0.3) is 0 Å². The number of hydrogen-bond donors (Lipinski definition) is 3. The molecule has 0 radical (unpaired) electrons. The van der Waals surface area contributed by atoms with E-state index in [1.807, 2.05) is 0 Å². The van der Waals surface area contributed by atoms with Gasteiger partial charge in [0.1, 0.15) is 11.8 Å². The van der Waals surface area contributed by atoms with Crippen LogP contribution < -0.4 is 10.6 Å². The zero-order valence-electron chi connectivity index (χ0n) is 11.3. The Balaban J connectivity index is 2.41. The number of aliphatic carboxylic acids is 1. The maximum Gasteiger partial charge on any atom is 0.326 e. The van der Waals surface area contributed by atoms with Crippen molar-refractivity contribution in [2.75, 3.05) is 0 Å². The Bertz CT molecular complexity index is 338. The first-order valence-corrected chi connectivity index (χ1v) is 6.84. The average Bonchev–Trinajstić information content (AvgIpc) is 2.38. The topological polar surface area (TPSA) is 95.5 Å². The van der Waals surface area contributed by atoms with Gasteiger partial charge in [0.2, 0.25) is 0 Å². The van der Waals surface area contributed by atoms with Gasteiger partial charge in [-0.1, -0.05) is 26.2 Å². The highest BCUT2D eigenvalue weighted by Crippen LogP contribution is 2.17. The lowest BCUT2D eigenvalue weighted by Crippen LogP contribution is -2.50. The summed E-state index contributed by atoms with van der Waals surface area (Å²) in [6, 6.07) is -1.52. The number of nitrogens with one attached hydrogen (secondary N) is 2. The number of hydrogen-bond acceptors (Lipinski definition) is 3. The number of carbonyl (C=O) groups is 3. The van der Waals surface area contributed by atoms with Gasteiger partial charge in [0, 0.05) is 18.9 Å². The quantitative estimate of drug-likeness (QED) is 0.680. The standard InChI is InChI=1S/C13H22N2O4/c1-2-10(16)8-11(12(17)18)15-13(19)14-9-6-4-3-5-7-9/h9,11H,2-8H2,1H3,(H,17,18)(H2,14,15,19). The van der Waals surface area contributed by atoms with E-state index in [-0.39, 0.29) is 24.7 Å². The van der Waals surface area contributed by atoms with Crippen LogP contribution in [0.2, 0.25) is 0 Å². The maximum absolute atomic E-state index is 11.7. The molecule has 3 N–H and O–H groups in total. The molecule has 1 rings (SSSR count). The Hall–Kier alpha value is -1.59. The Morgan fingerprint density at radius 2 is 1.84 bits per heavy atom. The lowest BCUT2D eigenvalue weighted by molar-refractivity contribution is -0.140. The van der Waals surface area contributed by atoms with Crippen molar-refractivity contribution in [3.8, 4) is 0 Å². The first-order valence-electron chi connectivity index (χ1n) is 6.84. The van der Waals surface area contributed by atoms with Crippen molar-refractivity contribution in [1.82, 2.24) is 10.6 Å². The average molecular weight is 270 g/mol. The molecular formula is C13H22N2O4. The van der Waals surface area contributed by atoms with Gasteiger partial charge in [0.15, 0.2) is 0 Å². The molecule has 0 heterocycles. The zero-order chi connectivity index (χ0) is 14.3. The molecule has 1 aliphatic carbocycles. The molecule has 1 unspecified atom stereocenters. The number of urea groups is 1. The van der Waals surface area contributed by atoms with E-state index in [0.717, 1.165) is 25.7 Å². The van der Waals surface area contributed by atoms with E-state index in [2.05, 4.69) is 10.6 Å². The third kappa shape index (κ3) is 5.72. The van der Waals surface area contributed by atoms with E-state index >= 15 is 0 Å². The normalized spacial score (nSPS) is 17.5. The van der Waals surface area contributed by atoms with Crippen LogP contribution >= 0.6 is 0 Å². The second-order valence-corrected chi connectivity index (χ2v) is 4.94. The van der Waals surface area contributed by atoms with Crippen LogP contribution in [0.3, 0.4) is 0 Å². The summed E-state index contributed by atoms with van der Waals surface area (Å²) in [5.74, 6) is -1.36. The van der Waals surface area contributed by atoms with E-state index in [4.69, 9.17) is 5.11 Å². The fraction of sp³-hybridized carbons (Fsp3) is 0.769. The molecule has 1 aliphatic rings. The Morgan fingerprint density at radius 3 is 2.37 bits per heavy atom. The first-order chi connectivity index (χ1) is 9.02. The predicted octanol–water partition coefficient (Wildman–Crippen LogP) is 1.44. The maximum atomic E-state index is 11.7. The second kappa shape index (κ2) is 7.76. The minimum Gasteiger partial charge on any atom is -0.480 e. The molecule has 0 spiro atoms. The largest absolute Gasteiger partial charge is 0.480 e. The molecule has 1 atom stereocenters. The lowest BCUT2D eigenvalue weighted by Gasteiger charge is -2.24. The molecule has 0 bridgehead atoms. The Kier molecular flexibility index (Phi) is 6.32. The van der Waals surface area contributed by atoms with E-state index in [9.17, 15) is 14.4 Å². The smallest absolute Gasteiger partial charge is 0.326 e. The highest BCUT2D eigenvalue weighted by molar-refractivity contribution is 5.88. The first kappa shape index (κ1) is 15.5. The molecular weight excluding hydrogens is 248 g/mol. The van der Waals surface area contributed by atoms with Crippen molar-refractivity contribution in [3.63, 3.8) is 0 Å². The number of rotatable bonds is 6.